The van der Waals surface area contributed by atoms with Crippen LogP contribution >= 0.6 is 15.9 Å². The van der Waals surface area contributed by atoms with E-state index in [4.69, 9.17) is 0 Å². The number of hydrogen-bond acceptors (Lipinski definition) is 4. The van der Waals surface area contributed by atoms with Gasteiger partial charge in [-0.05, 0) is 55.3 Å². The van der Waals surface area contributed by atoms with Gasteiger partial charge >= 0.3 is 0 Å². The van der Waals surface area contributed by atoms with Crippen LogP contribution in [0.3, 0.4) is 0 Å². The van der Waals surface area contributed by atoms with Gasteiger partial charge in [0.05, 0.1) is 11.4 Å². The number of hydrogen-bond donors (Lipinski definition) is 1. The minimum Gasteiger partial charge on any atom is -0.325 e. The van der Waals surface area contributed by atoms with Crippen molar-refractivity contribution in [3.8, 4) is 0 Å². The lowest BCUT2D eigenvalue weighted by Crippen LogP contribution is -2.39. The fraction of sp³-hybridized carbons (Fsp3) is 0.167. The molecule has 32 heavy (non-hydrogen) atoms. The zero-order chi connectivity index (χ0) is 23.1. The van der Waals surface area contributed by atoms with Crippen molar-refractivity contribution in [3.63, 3.8) is 0 Å². The number of sulfonamides is 1. The first kappa shape index (κ1) is 23.8. The number of benzene rings is 3. The van der Waals surface area contributed by atoms with Crippen LogP contribution in [-0.4, -0.2) is 37.5 Å². The van der Waals surface area contributed by atoms with Gasteiger partial charge in [0, 0.05) is 22.3 Å². The predicted octanol–water partition coefficient (Wildman–Crippen LogP) is 4.52. The molecule has 1 amide bonds. The number of Topliss-reactive ketones (excluding diaryl/α,β-unsaturated/α-hetero) is 1. The Hall–Kier alpha value is -2.81. The van der Waals surface area contributed by atoms with Crippen LogP contribution in [-0.2, 0) is 21.2 Å². The lowest BCUT2D eigenvalue weighted by molar-refractivity contribution is -0.116. The van der Waals surface area contributed by atoms with Crippen LogP contribution in [0, 0.1) is 0 Å². The molecule has 1 N–H and O–H groups in total. The fourth-order valence-corrected chi connectivity index (χ4v) is 4.78. The number of amides is 1. The summed E-state index contributed by atoms with van der Waals surface area (Å²) in [4.78, 5) is 24.4. The Morgan fingerprint density at radius 3 is 2.28 bits per heavy atom. The summed E-state index contributed by atoms with van der Waals surface area (Å²) in [7, 11) is -3.90. The molecular formula is C24H23BrN2O4S. The second-order valence-corrected chi connectivity index (χ2v) is 10.1. The first-order valence-corrected chi connectivity index (χ1v) is 12.2. The van der Waals surface area contributed by atoms with Crippen LogP contribution < -0.4 is 5.32 Å². The molecular weight excluding hydrogens is 492 g/mol. The molecule has 0 radical (unpaired) electrons. The maximum absolute atomic E-state index is 13.3. The zero-order valence-electron chi connectivity index (χ0n) is 17.5. The molecule has 0 spiro atoms. The van der Waals surface area contributed by atoms with Gasteiger partial charge in [-0.1, -0.05) is 58.4 Å². The second-order valence-electron chi connectivity index (χ2n) is 7.21. The van der Waals surface area contributed by atoms with Crippen molar-refractivity contribution in [1.29, 1.82) is 0 Å². The maximum atomic E-state index is 13.3. The maximum Gasteiger partial charge on any atom is 0.243 e. The molecule has 0 aliphatic rings. The zero-order valence-corrected chi connectivity index (χ0v) is 19.9. The third-order valence-corrected chi connectivity index (χ3v) is 7.20. The van der Waals surface area contributed by atoms with Gasteiger partial charge in [-0.2, -0.15) is 4.31 Å². The van der Waals surface area contributed by atoms with E-state index in [0.29, 0.717) is 17.7 Å². The Labute approximate surface area is 196 Å². The van der Waals surface area contributed by atoms with Crippen LogP contribution in [0.4, 0.5) is 5.69 Å². The van der Waals surface area contributed by atoms with Gasteiger partial charge in [-0.3, -0.25) is 9.59 Å². The minimum atomic E-state index is -3.90. The molecule has 0 atom stereocenters. The van der Waals surface area contributed by atoms with Crippen molar-refractivity contribution < 1.29 is 18.0 Å². The highest BCUT2D eigenvalue weighted by Gasteiger charge is 2.26. The molecule has 8 heteroatoms. The topological polar surface area (TPSA) is 83.6 Å². The lowest BCUT2D eigenvalue weighted by atomic mass is 10.1. The SMILES string of the molecule is CC(=O)c1cccc(NC(=O)CN(CCc2ccccc2)S(=O)(=O)c2ccc(Br)cc2)c1. The van der Waals surface area contributed by atoms with Crippen molar-refractivity contribution in [3.05, 3.63) is 94.5 Å². The highest BCUT2D eigenvalue weighted by atomic mass is 79.9. The summed E-state index contributed by atoms with van der Waals surface area (Å²) in [5, 5.41) is 2.69. The van der Waals surface area contributed by atoms with Crippen LogP contribution in [0.25, 0.3) is 0 Å². The first-order chi connectivity index (χ1) is 15.3. The van der Waals surface area contributed by atoms with E-state index < -0.39 is 15.9 Å². The van der Waals surface area contributed by atoms with Crippen molar-refractivity contribution in [2.45, 2.75) is 18.2 Å². The van der Waals surface area contributed by atoms with Crippen LogP contribution in [0.1, 0.15) is 22.8 Å². The molecule has 166 valence electrons. The Bertz CT molecular complexity index is 1200. The van der Waals surface area contributed by atoms with Crippen molar-refractivity contribution >= 4 is 43.3 Å². The Kier molecular flexibility index (Phi) is 7.95. The molecule has 0 heterocycles. The number of nitrogens with zero attached hydrogens (tertiary/aromatic N) is 1. The van der Waals surface area contributed by atoms with Gasteiger partial charge < -0.3 is 5.32 Å². The fourth-order valence-electron chi connectivity index (χ4n) is 3.11. The summed E-state index contributed by atoms with van der Waals surface area (Å²) in [5.41, 5.74) is 1.87. The predicted molar refractivity (Wildman–Crippen MR) is 128 cm³/mol. The average molecular weight is 515 g/mol. The van der Waals surface area contributed by atoms with Crippen LogP contribution in [0.15, 0.2) is 88.2 Å². The molecule has 3 aromatic rings. The first-order valence-electron chi connectivity index (χ1n) is 9.96. The van der Waals surface area contributed by atoms with Gasteiger partial charge in [0.25, 0.3) is 0 Å². The van der Waals surface area contributed by atoms with Gasteiger partial charge in [0.2, 0.25) is 15.9 Å². The smallest absolute Gasteiger partial charge is 0.243 e. The molecule has 0 aliphatic carbocycles. The molecule has 0 saturated heterocycles. The molecule has 3 aromatic carbocycles. The highest BCUT2D eigenvalue weighted by molar-refractivity contribution is 9.10. The van der Waals surface area contributed by atoms with Crippen LogP contribution in [0.2, 0.25) is 0 Å². The quantitative estimate of drug-likeness (QED) is 0.425. The number of carbonyl (C=O) groups is 2. The van der Waals surface area contributed by atoms with Gasteiger partial charge in [0.15, 0.2) is 5.78 Å². The molecule has 3 rings (SSSR count). The number of halogens is 1. The van der Waals surface area contributed by atoms with E-state index >= 15 is 0 Å². The van der Waals surface area contributed by atoms with E-state index in [9.17, 15) is 18.0 Å². The number of rotatable bonds is 9. The molecule has 0 saturated carbocycles. The number of nitrogens with one attached hydrogen (secondary N) is 1. The van der Waals surface area contributed by atoms with Gasteiger partial charge in [-0.25, -0.2) is 8.42 Å². The standard InChI is InChI=1S/C24H23BrN2O4S/c1-18(28)20-8-5-9-22(16-20)26-24(29)17-27(15-14-19-6-3-2-4-7-19)32(30,31)23-12-10-21(25)11-13-23/h2-13,16H,14-15,17H2,1H3,(H,26,29). The van der Waals surface area contributed by atoms with Crippen molar-refractivity contribution in [1.82, 2.24) is 4.31 Å². The van der Waals surface area contributed by atoms with Crippen molar-refractivity contribution in [2.75, 3.05) is 18.4 Å². The number of ketones is 1. The number of anilines is 1. The Morgan fingerprint density at radius 1 is 0.938 bits per heavy atom. The van der Waals surface area contributed by atoms with E-state index in [0.717, 1.165) is 10.0 Å². The second kappa shape index (κ2) is 10.7. The van der Waals surface area contributed by atoms with E-state index in [1.165, 1.54) is 23.4 Å². The third-order valence-electron chi connectivity index (χ3n) is 4.82. The highest BCUT2D eigenvalue weighted by Crippen LogP contribution is 2.20. The van der Waals surface area contributed by atoms with Crippen LogP contribution in [0.5, 0.6) is 0 Å². The largest absolute Gasteiger partial charge is 0.325 e. The van der Waals surface area contributed by atoms with Gasteiger partial charge in [-0.15, -0.1) is 0 Å². The molecule has 0 fully saturated rings. The van der Waals surface area contributed by atoms with E-state index in [-0.39, 0.29) is 23.8 Å². The lowest BCUT2D eigenvalue weighted by Gasteiger charge is -2.22. The molecule has 6 nitrogen and oxygen atoms in total. The summed E-state index contributed by atoms with van der Waals surface area (Å²) >= 11 is 3.31. The van der Waals surface area contributed by atoms with E-state index in [2.05, 4.69) is 21.2 Å². The molecule has 0 aliphatic heterocycles. The summed E-state index contributed by atoms with van der Waals surface area (Å²) in [6.07, 6.45) is 0.462. The third kappa shape index (κ3) is 6.35. The van der Waals surface area contributed by atoms with E-state index in [1.807, 2.05) is 30.3 Å². The summed E-state index contributed by atoms with van der Waals surface area (Å²) in [6, 6.07) is 22.3. The molecule has 0 bridgehead atoms. The normalized spacial score (nSPS) is 11.3. The Balaban J connectivity index is 1.81. The number of carbonyl (C=O) groups excluding carboxylic acids is 2. The van der Waals surface area contributed by atoms with Gasteiger partial charge in [0.1, 0.15) is 0 Å². The summed E-state index contributed by atoms with van der Waals surface area (Å²) < 4.78 is 28.5. The average Bonchev–Trinajstić information content (AvgIpc) is 2.77. The minimum absolute atomic E-state index is 0.111. The van der Waals surface area contributed by atoms with Crippen molar-refractivity contribution in [2.24, 2.45) is 0 Å². The molecule has 0 aromatic heterocycles. The summed E-state index contributed by atoms with van der Waals surface area (Å²) in [6.45, 7) is 1.23. The monoisotopic (exact) mass is 514 g/mol. The van der Waals surface area contributed by atoms with E-state index in [1.54, 1.807) is 36.4 Å². The Morgan fingerprint density at radius 2 is 1.62 bits per heavy atom. The summed E-state index contributed by atoms with van der Waals surface area (Å²) in [5.74, 6) is -0.608. The molecule has 0 unspecified atom stereocenters.